The Bertz CT molecular complexity index is 634. The number of urea groups is 1. The SMILES string of the molecule is CN(C)CCCCOc1ccccc1NC(=O)Nc1cnccn1. The molecule has 0 radical (unpaired) electrons. The summed E-state index contributed by atoms with van der Waals surface area (Å²) >= 11 is 0. The quantitative estimate of drug-likeness (QED) is 0.728. The van der Waals surface area contributed by atoms with Gasteiger partial charge in [0.15, 0.2) is 5.82 Å². The number of nitrogens with one attached hydrogen (secondary N) is 2. The number of benzene rings is 1. The molecule has 0 aliphatic carbocycles. The molecule has 2 rings (SSSR count). The van der Waals surface area contributed by atoms with Crippen molar-refractivity contribution in [1.82, 2.24) is 14.9 Å². The zero-order valence-corrected chi connectivity index (χ0v) is 14.0. The molecular weight excluding hydrogens is 306 g/mol. The molecule has 128 valence electrons. The van der Waals surface area contributed by atoms with Crippen LogP contribution >= 0.6 is 0 Å². The summed E-state index contributed by atoms with van der Waals surface area (Å²) in [6, 6.07) is 6.96. The summed E-state index contributed by atoms with van der Waals surface area (Å²) in [7, 11) is 4.10. The van der Waals surface area contributed by atoms with Crippen molar-refractivity contribution in [3.05, 3.63) is 42.9 Å². The van der Waals surface area contributed by atoms with Crippen molar-refractivity contribution in [1.29, 1.82) is 0 Å². The molecular formula is C17H23N5O2. The van der Waals surface area contributed by atoms with Crippen molar-refractivity contribution in [3.8, 4) is 5.75 Å². The number of carbonyl (C=O) groups excluding carboxylic acids is 1. The molecule has 0 atom stereocenters. The van der Waals surface area contributed by atoms with E-state index in [1.807, 2.05) is 18.2 Å². The number of unbranched alkanes of at least 4 members (excludes halogenated alkanes) is 1. The highest BCUT2D eigenvalue weighted by Crippen LogP contribution is 2.24. The number of carbonyl (C=O) groups is 1. The molecule has 24 heavy (non-hydrogen) atoms. The first-order valence-corrected chi connectivity index (χ1v) is 7.86. The minimum absolute atomic E-state index is 0.386. The van der Waals surface area contributed by atoms with Crippen LogP contribution in [0.15, 0.2) is 42.9 Å². The van der Waals surface area contributed by atoms with E-state index >= 15 is 0 Å². The maximum absolute atomic E-state index is 12.0. The van der Waals surface area contributed by atoms with Crippen LogP contribution in [0.4, 0.5) is 16.3 Å². The monoisotopic (exact) mass is 329 g/mol. The van der Waals surface area contributed by atoms with Gasteiger partial charge < -0.3 is 15.0 Å². The molecule has 2 aromatic rings. The first-order chi connectivity index (χ1) is 11.6. The fourth-order valence-corrected chi connectivity index (χ4v) is 2.04. The Balaban J connectivity index is 1.85. The highest BCUT2D eigenvalue weighted by molar-refractivity contribution is 5.99. The smallest absolute Gasteiger partial charge is 0.324 e. The van der Waals surface area contributed by atoms with Crippen molar-refractivity contribution in [2.24, 2.45) is 0 Å². The lowest BCUT2D eigenvalue weighted by atomic mass is 10.3. The Kier molecular flexibility index (Phi) is 6.97. The molecule has 1 aromatic heterocycles. The third-order valence-corrected chi connectivity index (χ3v) is 3.20. The molecule has 0 aliphatic heterocycles. The summed E-state index contributed by atoms with van der Waals surface area (Å²) in [6.45, 7) is 1.64. The van der Waals surface area contributed by atoms with E-state index in [1.165, 1.54) is 12.4 Å². The summed E-state index contributed by atoms with van der Waals surface area (Å²) in [6.07, 6.45) is 6.56. The minimum atomic E-state index is -0.390. The Morgan fingerprint density at radius 1 is 1.17 bits per heavy atom. The van der Waals surface area contributed by atoms with Crippen LogP contribution in [0, 0.1) is 0 Å². The number of anilines is 2. The Labute approximate surface area is 142 Å². The second-order valence-corrected chi connectivity index (χ2v) is 5.52. The first-order valence-electron chi connectivity index (χ1n) is 7.86. The number of hydrogen-bond donors (Lipinski definition) is 2. The molecule has 0 saturated heterocycles. The van der Waals surface area contributed by atoms with Crippen molar-refractivity contribution in [3.63, 3.8) is 0 Å². The van der Waals surface area contributed by atoms with Crippen molar-refractivity contribution >= 4 is 17.5 Å². The molecule has 2 N–H and O–H groups in total. The van der Waals surface area contributed by atoms with Gasteiger partial charge in [-0.05, 0) is 45.6 Å². The molecule has 0 aliphatic rings. The molecule has 0 fully saturated rings. The van der Waals surface area contributed by atoms with Gasteiger partial charge in [-0.3, -0.25) is 10.3 Å². The van der Waals surface area contributed by atoms with Crippen LogP contribution in [0.1, 0.15) is 12.8 Å². The maximum atomic E-state index is 12.0. The highest BCUT2D eigenvalue weighted by Gasteiger charge is 2.08. The van der Waals surface area contributed by atoms with Crippen LogP contribution in [0.25, 0.3) is 0 Å². The van der Waals surface area contributed by atoms with Gasteiger partial charge >= 0.3 is 6.03 Å². The van der Waals surface area contributed by atoms with Crippen molar-refractivity contribution in [2.75, 3.05) is 37.9 Å². The second kappa shape index (κ2) is 9.46. The number of hydrogen-bond acceptors (Lipinski definition) is 5. The Morgan fingerprint density at radius 3 is 2.75 bits per heavy atom. The van der Waals surface area contributed by atoms with E-state index in [2.05, 4.69) is 39.6 Å². The predicted octanol–water partition coefficient (Wildman–Crippen LogP) is 2.84. The molecule has 1 heterocycles. The van der Waals surface area contributed by atoms with Gasteiger partial charge in [-0.15, -0.1) is 0 Å². The van der Waals surface area contributed by atoms with Crippen LogP contribution < -0.4 is 15.4 Å². The Hall–Kier alpha value is -2.67. The minimum Gasteiger partial charge on any atom is -0.491 e. The van der Waals surface area contributed by atoms with Gasteiger partial charge in [0.05, 0.1) is 18.5 Å². The molecule has 1 aromatic carbocycles. The molecule has 0 saturated carbocycles. The van der Waals surface area contributed by atoms with E-state index in [0.717, 1.165) is 19.4 Å². The zero-order chi connectivity index (χ0) is 17.2. The Morgan fingerprint density at radius 2 is 2.00 bits per heavy atom. The molecule has 0 spiro atoms. The van der Waals surface area contributed by atoms with E-state index in [1.54, 1.807) is 12.3 Å². The summed E-state index contributed by atoms with van der Waals surface area (Å²) in [4.78, 5) is 22.1. The van der Waals surface area contributed by atoms with E-state index in [0.29, 0.717) is 23.9 Å². The normalized spacial score (nSPS) is 10.5. The van der Waals surface area contributed by atoms with E-state index < -0.39 is 0 Å². The predicted molar refractivity (Wildman–Crippen MR) is 94.4 cm³/mol. The largest absolute Gasteiger partial charge is 0.491 e. The van der Waals surface area contributed by atoms with Crippen molar-refractivity contribution in [2.45, 2.75) is 12.8 Å². The molecule has 7 nitrogen and oxygen atoms in total. The fraction of sp³-hybridized carbons (Fsp3) is 0.353. The van der Waals surface area contributed by atoms with Gasteiger partial charge in [-0.2, -0.15) is 0 Å². The number of para-hydroxylation sites is 2. The summed E-state index contributed by atoms with van der Waals surface area (Å²) < 4.78 is 5.78. The van der Waals surface area contributed by atoms with Crippen LogP contribution in [0.3, 0.4) is 0 Å². The van der Waals surface area contributed by atoms with Crippen LogP contribution in [0.5, 0.6) is 5.75 Å². The van der Waals surface area contributed by atoms with Gasteiger partial charge in [0.25, 0.3) is 0 Å². The molecule has 7 heteroatoms. The van der Waals surface area contributed by atoms with Crippen LogP contribution in [0.2, 0.25) is 0 Å². The van der Waals surface area contributed by atoms with E-state index in [9.17, 15) is 4.79 Å². The topological polar surface area (TPSA) is 79.4 Å². The molecule has 0 unspecified atom stereocenters. The number of rotatable bonds is 8. The van der Waals surface area contributed by atoms with E-state index in [4.69, 9.17) is 4.74 Å². The van der Waals surface area contributed by atoms with Gasteiger partial charge in [-0.1, -0.05) is 12.1 Å². The average Bonchev–Trinajstić information content (AvgIpc) is 2.56. The number of aromatic nitrogens is 2. The van der Waals surface area contributed by atoms with Gasteiger partial charge in [0.1, 0.15) is 5.75 Å². The lowest BCUT2D eigenvalue weighted by Crippen LogP contribution is -2.20. The lowest BCUT2D eigenvalue weighted by molar-refractivity contribution is 0.261. The van der Waals surface area contributed by atoms with Gasteiger partial charge in [0.2, 0.25) is 0 Å². The van der Waals surface area contributed by atoms with E-state index in [-0.39, 0.29) is 6.03 Å². The van der Waals surface area contributed by atoms with Gasteiger partial charge in [-0.25, -0.2) is 9.78 Å². The maximum Gasteiger partial charge on any atom is 0.324 e. The number of nitrogens with zero attached hydrogens (tertiary/aromatic N) is 3. The lowest BCUT2D eigenvalue weighted by Gasteiger charge is -2.13. The first kappa shape index (κ1) is 17.7. The van der Waals surface area contributed by atoms with Crippen LogP contribution in [-0.4, -0.2) is 48.1 Å². The van der Waals surface area contributed by atoms with Crippen molar-refractivity contribution < 1.29 is 9.53 Å². The summed E-state index contributed by atoms with van der Waals surface area (Å²) in [5, 5.41) is 5.39. The fourth-order valence-electron chi connectivity index (χ4n) is 2.04. The standard InChI is InChI=1S/C17H23N5O2/c1-22(2)11-5-6-12-24-15-8-4-3-7-14(15)20-17(23)21-16-13-18-9-10-19-16/h3-4,7-10,13H,5-6,11-12H2,1-2H3,(H2,19,20,21,23). The number of amides is 2. The third-order valence-electron chi connectivity index (χ3n) is 3.20. The summed E-state index contributed by atoms with van der Waals surface area (Å²) in [5.41, 5.74) is 0.617. The highest BCUT2D eigenvalue weighted by atomic mass is 16.5. The second-order valence-electron chi connectivity index (χ2n) is 5.52. The van der Waals surface area contributed by atoms with Crippen LogP contribution in [-0.2, 0) is 0 Å². The van der Waals surface area contributed by atoms with Gasteiger partial charge in [0, 0.05) is 12.4 Å². The third kappa shape index (κ3) is 6.21. The average molecular weight is 329 g/mol. The molecule has 2 amide bonds. The zero-order valence-electron chi connectivity index (χ0n) is 14.0. The summed E-state index contributed by atoms with van der Waals surface area (Å²) in [5.74, 6) is 1.04. The number of ether oxygens (including phenoxy) is 1. The molecule has 0 bridgehead atoms.